The summed E-state index contributed by atoms with van der Waals surface area (Å²) in [6, 6.07) is 8.34. The van der Waals surface area contributed by atoms with Gasteiger partial charge in [0.05, 0.1) is 0 Å². The summed E-state index contributed by atoms with van der Waals surface area (Å²) in [6.07, 6.45) is 3.93. The number of allylic oxidation sites excluding steroid dienone is 4. The minimum Gasteiger partial charge on any atom is -0.0985 e. The molecule has 0 nitrogen and oxygen atoms in total. The lowest BCUT2D eigenvalue weighted by molar-refractivity contribution is 1.53. The first-order valence-corrected chi connectivity index (χ1v) is 4.74. The Bertz CT molecular complexity index is 381. The topological polar surface area (TPSA) is 0 Å². The van der Waals surface area contributed by atoms with Crippen molar-refractivity contribution >= 4 is 11.1 Å². The van der Waals surface area contributed by atoms with Crippen LogP contribution in [0.15, 0.2) is 49.6 Å². The highest BCUT2D eigenvalue weighted by Crippen LogP contribution is 2.19. The maximum Gasteiger partial charge on any atom is -0.0182 e. The van der Waals surface area contributed by atoms with Crippen LogP contribution in [0.5, 0.6) is 0 Å². The third-order valence-electron chi connectivity index (χ3n) is 2.22. The largest absolute Gasteiger partial charge is 0.0985 e. The highest BCUT2D eigenvalue weighted by atomic mass is 14.0. The fourth-order valence-corrected chi connectivity index (χ4v) is 1.37. The summed E-state index contributed by atoms with van der Waals surface area (Å²) in [4.78, 5) is 0. The molecule has 1 aromatic rings. The molecule has 0 aliphatic rings. The predicted octanol–water partition coefficient (Wildman–Crippen LogP) is 4.31. The van der Waals surface area contributed by atoms with E-state index in [-0.39, 0.29) is 0 Å². The minimum absolute atomic E-state index is 1.09. The van der Waals surface area contributed by atoms with Crippen molar-refractivity contribution in [1.82, 2.24) is 0 Å². The summed E-state index contributed by atoms with van der Waals surface area (Å²) in [5.74, 6) is 0. The van der Waals surface area contributed by atoms with Gasteiger partial charge in [-0.3, -0.25) is 0 Å². The molecule has 0 aliphatic carbocycles. The Morgan fingerprint density at radius 3 is 2.43 bits per heavy atom. The SMILES string of the molecule is C=C/C(=C\C)c1cccc(C(=C)C)c1. The van der Waals surface area contributed by atoms with Crippen molar-refractivity contribution in [2.24, 2.45) is 0 Å². The van der Waals surface area contributed by atoms with Gasteiger partial charge < -0.3 is 0 Å². The molecule has 0 N–H and O–H groups in total. The molecule has 14 heavy (non-hydrogen) atoms. The van der Waals surface area contributed by atoms with Crippen LogP contribution in [0, 0.1) is 0 Å². The Morgan fingerprint density at radius 2 is 1.93 bits per heavy atom. The third kappa shape index (κ3) is 2.23. The van der Waals surface area contributed by atoms with Gasteiger partial charge in [-0.1, -0.05) is 49.1 Å². The third-order valence-corrected chi connectivity index (χ3v) is 2.22. The first-order valence-electron chi connectivity index (χ1n) is 4.74. The molecule has 1 rings (SSSR count). The molecule has 0 unspecified atom stereocenters. The lowest BCUT2D eigenvalue weighted by atomic mass is 10.0. The van der Waals surface area contributed by atoms with Crippen molar-refractivity contribution in [2.75, 3.05) is 0 Å². The van der Waals surface area contributed by atoms with Crippen molar-refractivity contribution < 1.29 is 0 Å². The van der Waals surface area contributed by atoms with Crippen LogP contribution in [0.2, 0.25) is 0 Å². The highest BCUT2D eigenvalue weighted by molar-refractivity contribution is 5.76. The first kappa shape index (κ1) is 10.5. The Labute approximate surface area is 86.3 Å². The Kier molecular flexibility index (Phi) is 3.47. The maximum absolute atomic E-state index is 3.93. The highest BCUT2D eigenvalue weighted by Gasteiger charge is 1.98. The van der Waals surface area contributed by atoms with Crippen molar-refractivity contribution in [2.45, 2.75) is 13.8 Å². The van der Waals surface area contributed by atoms with Crippen LogP contribution in [0.25, 0.3) is 11.1 Å². The number of rotatable bonds is 3. The quantitative estimate of drug-likeness (QED) is 0.614. The minimum atomic E-state index is 1.09. The zero-order chi connectivity index (χ0) is 10.6. The van der Waals surface area contributed by atoms with E-state index < -0.39 is 0 Å². The summed E-state index contributed by atoms with van der Waals surface area (Å²) in [6.45, 7) is 11.8. The van der Waals surface area contributed by atoms with Crippen LogP contribution in [-0.4, -0.2) is 0 Å². The van der Waals surface area contributed by atoms with Gasteiger partial charge in [-0.15, -0.1) is 0 Å². The lowest BCUT2D eigenvalue weighted by Crippen LogP contribution is -1.83. The smallest absolute Gasteiger partial charge is 0.0182 e. The van der Waals surface area contributed by atoms with Gasteiger partial charge >= 0.3 is 0 Å². The van der Waals surface area contributed by atoms with Gasteiger partial charge in [0.2, 0.25) is 0 Å². The zero-order valence-electron chi connectivity index (χ0n) is 8.88. The van der Waals surface area contributed by atoms with E-state index in [1.54, 1.807) is 0 Å². The van der Waals surface area contributed by atoms with E-state index in [4.69, 9.17) is 0 Å². The molecular weight excluding hydrogens is 168 g/mol. The molecule has 0 saturated carbocycles. The van der Waals surface area contributed by atoms with Gasteiger partial charge in [0.15, 0.2) is 0 Å². The molecule has 0 fully saturated rings. The summed E-state index contributed by atoms with van der Waals surface area (Å²) in [5, 5.41) is 0. The summed E-state index contributed by atoms with van der Waals surface area (Å²) >= 11 is 0. The Hall–Kier alpha value is -1.56. The standard InChI is InChI=1S/C14H16/c1-5-12(6-2)14-9-7-8-13(10-14)11(3)4/h5-10H,1,3H2,2,4H3/b12-6+. The van der Waals surface area contributed by atoms with Crippen LogP contribution in [-0.2, 0) is 0 Å². The molecule has 0 aromatic heterocycles. The summed E-state index contributed by atoms with van der Waals surface area (Å²) < 4.78 is 0. The molecule has 72 valence electrons. The van der Waals surface area contributed by atoms with Crippen LogP contribution in [0.4, 0.5) is 0 Å². The molecule has 0 bridgehead atoms. The molecule has 0 amide bonds. The molecule has 0 heterocycles. The molecule has 0 atom stereocenters. The van der Waals surface area contributed by atoms with E-state index in [1.165, 1.54) is 11.1 Å². The second kappa shape index (κ2) is 4.61. The van der Waals surface area contributed by atoms with Gasteiger partial charge in [0, 0.05) is 0 Å². The molecule has 0 spiro atoms. The normalized spacial score (nSPS) is 11.1. The van der Waals surface area contributed by atoms with E-state index in [1.807, 2.05) is 26.0 Å². The van der Waals surface area contributed by atoms with Crippen LogP contribution in [0.1, 0.15) is 25.0 Å². The number of hydrogen-bond donors (Lipinski definition) is 0. The Morgan fingerprint density at radius 1 is 1.29 bits per heavy atom. The molecule has 0 aliphatic heterocycles. The maximum atomic E-state index is 3.93. The van der Waals surface area contributed by atoms with Crippen LogP contribution in [0.3, 0.4) is 0 Å². The molecule has 0 radical (unpaired) electrons. The lowest BCUT2D eigenvalue weighted by Gasteiger charge is -2.05. The molecular formula is C14H16. The van der Waals surface area contributed by atoms with Gasteiger partial charge in [-0.25, -0.2) is 0 Å². The van der Waals surface area contributed by atoms with Crippen molar-refractivity contribution in [1.29, 1.82) is 0 Å². The number of benzene rings is 1. The second-order valence-corrected chi connectivity index (χ2v) is 3.31. The van der Waals surface area contributed by atoms with E-state index >= 15 is 0 Å². The van der Waals surface area contributed by atoms with Crippen LogP contribution < -0.4 is 0 Å². The second-order valence-electron chi connectivity index (χ2n) is 3.31. The van der Waals surface area contributed by atoms with E-state index in [9.17, 15) is 0 Å². The van der Waals surface area contributed by atoms with Crippen LogP contribution >= 0.6 is 0 Å². The van der Waals surface area contributed by atoms with E-state index in [0.717, 1.165) is 11.1 Å². The summed E-state index contributed by atoms with van der Waals surface area (Å²) in [5.41, 5.74) is 4.63. The average Bonchev–Trinajstić information content (AvgIpc) is 2.20. The van der Waals surface area contributed by atoms with E-state index in [2.05, 4.69) is 37.4 Å². The van der Waals surface area contributed by atoms with Gasteiger partial charge in [0.1, 0.15) is 0 Å². The van der Waals surface area contributed by atoms with Crippen molar-refractivity contribution in [3.05, 3.63) is 60.7 Å². The van der Waals surface area contributed by atoms with Gasteiger partial charge in [-0.2, -0.15) is 0 Å². The van der Waals surface area contributed by atoms with Crippen molar-refractivity contribution in [3.8, 4) is 0 Å². The fraction of sp³-hybridized carbons (Fsp3) is 0.143. The monoisotopic (exact) mass is 184 g/mol. The average molecular weight is 184 g/mol. The van der Waals surface area contributed by atoms with Gasteiger partial charge in [-0.05, 0) is 36.6 Å². The van der Waals surface area contributed by atoms with Crippen molar-refractivity contribution in [3.63, 3.8) is 0 Å². The predicted molar refractivity (Wildman–Crippen MR) is 65.0 cm³/mol. The number of hydrogen-bond acceptors (Lipinski definition) is 0. The molecule has 0 saturated heterocycles. The first-order chi connectivity index (χ1) is 6.69. The Balaban J connectivity index is 3.17. The zero-order valence-corrected chi connectivity index (χ0v) is 8.88. The molecule has 1 aromatic carbocycles. The van der Waals surface area contributed by atoms with E-state index in [0.29, 0.717) is 0 Å². The summed E-state index contributed by atoms with van der Waals surface area (Å²) in [7, 11) is 0. The molecule has 0 heteroatoms. The fourth-order valence-electron chi connectivity index (χ4n) is 1.37. The van der Waals surface area contributed by atoms with Gasteiger partial charge in [0.25, 0.3) is 0 Å².